The maximum absolute atomic E-state index is 11.5. The molecule has 0 unspecified atom stereocenters. The molecule has 0 saturated carbocycles. The molecule has 0 atom stereocenters. The van der Waals surface area contributed by atoms with Crippen molar-refractivity contribution >= 4 is 17.8 Å². The first-order valence-electron chi connectivity index (χ1n) is 7.96. The number of esters is 1. The number of aromatic nitrogens is 2. The number of hydrogen-bond donors (Lipinski definition) is 0. The second kappa shape index (κ2) is 8.24. The van der Waals surface area contributed by atoms with Crippen LogP contribution < -0.4 is 0 Å². The average Bonchev–Trinajstić information content (AvgIpc) is 3.00. The highest BCUT2D eigenvalue weighted by atomic mass is 16.5. The third-order valence-electron chi connectivity index (χ3n) is 3.92. The Bertz CT molecular complexity index is 730. The summed E-state index contributed by atoms with van der Waals surface area (Å²) in [6.07, 6.45) is 5.41. The number of ether oxygens (including phenoxy) is 1. The van der Waals surface area contributed by atoms with Gasteiger partial charge >= 0.3 is 5.97 Å². The Morgan fingerprint density at radius 2 is 2.04 bits per heavy atom. The Labute approximate surface area is 142 Å². The molecule has 0 radical (unpaired) electrons. The van der Waals surface area contributed by atoms with Gasteiger partial charge in [0.2, 0.25) is 0 Å². The quantitative estimate of drug-likeness (QED) is 0.424. The number of hydrogen-bond acceptors (Lipinski definition) is 4. The van der Waals surface area contributed by atoms with E-state index in [-0.39, 0.29) is 0 Å². The van der Waals surface area contributed by atoms with Gasteiger partial charge in [0, 0.05) is 13.0 Å². The molecule has 1 heterocycles. The molecule has 0 amide bonds. The van der Waals surface area contributed by atoms with Crippen molar-refractivity contribution in [3.05, 3.63) is 59.7 Å². The number of methoxy groups -OCH3 is 1. The average molecular weight is 326 g/mol. The number of nitrogens with zero attached hydrogens (tertiary/aromatic N) is 2. The molecule has 1 aromatic carbocycles. The van der Waals surface area contributed by atoms with E-state index in [1.165, 1.54) is 7.11 Å². The van der Waals surface area contributed by atoms with Crippen molar-refractivity contribution < 1.29 is 14.3 Å². The van der Waals surface area contributed by atoms with Crippen molar-refractivity contribution in [3.63, 3.8) is 0 Å². The van der Waals surface area contributed by atoms with Crippen LogP contribution in [0.5, 0.6) is 0 Å². The third kappa shape index (κ3) is 3.98. The number of rotatable bonds is 8. The molecule has 5 heteroatoms. The number of aryl methyl sites for hydroxylation is 1. The standard InChI is InChI=1S/C19H22N2O3/c1-4-5-6-18-20-11-17(13-22)21(18)12-15-7-9-16(10-8-15)14(2)19(23)24-3/h7-11,13H,2,4-6,12H2,1,3H3. The Kier molecular flexibility index (Phi) is 6.07. The van der Waals surface area contributed by atoms with E-state index in [4.69, 9.17) is 0 Å². The van der Waals surface area contributed by atoms with E-state index in [9.17, 15) is 9.59 Å². The van der Waals surface area contributed by atoms with Crippen molar-refractivity contribution in [3.8, 4) is 0 Å². The van der Waals surface area contributed by atoms with Gasteiger partial charge in [-0.1, -0.05) is 44.2 Å². The lowest BCUT2D eigenvalue weighted by atomic mass is 10.1. The van der Waals surface area contributed by atoms with Crippen molar-refractivity contribution in [1.29, 1.82) is 0 Å². The van der Waals surface area contributed by atoms with Crippen LogP contribution in [0.25, 0.3) is 5.57 Å². The van der Waals surface area contributed by atoms with E-state index in [0.29, 0.717) is 17.8 Å². The fraction of sp³-hybridized carbons (Fsp3) is 0.316. The monoisotopic (exact) mass is 326 g/mol. The van der Waals surface area contributed by atoms with E-state index < -0.39 is 5.97 Å². The predicted molar refractivity (Wildman–Crippen MR) is 92.8 cm³/mol. The summed E-state index contributed by atoms with van der Waals surface area (Å²) in [7, 11) is 1.33. The van der Waals surface area contributed by atoms with Crippen LogP contribution in [-0.4, -0.2) is 28.9 Å². The number of carbonyl (C=O) groups excluding carboxylic acids is 2. The number of imidazole rings is 1. The van der Waals surface area contributed by atoms with Crippen molar-refractivity contribution in [2.75, 3.05) is 7.11 Å². The molecule has 0 saturated heterocycles. The van der Waals surface area contributed by atoms with Gasteiger partial charge in [-0.3, -0.25) is 4.79 Å². The van der Waals surface area contributed by atoms with Gasteiger partial charge in [0.15, 0.2) is 6.29 Å². The fourth-order valence-corrected chi connectivity index (χ4v) is 2.48. The Morgan fingerprint density at radius 1 is 1.33 bits per heavy atom. The molecule has 0 aliphatic heterocycles. The summed E-state index contributed by atoms with van der Waals surface area (Å²) in [5.41, 5.74) is 2.64. The maximum atomic E-state index is 11.5. The van der Waals surface area contributed by atoms with E-state index in [0.717, 1.165) is 42.5 Å². The fourth-order valence-electron chi connectivity index (χ4n) is 2.48. The Balaban J connectivity index is 2.19. The smallest absolute Gasteiger partial charge is 0.337 e. The van der Waals surface area contributed by atoms with E-state index in [2.05, 4.69) is 23.2 Å². The molecule has 0 fully saturated rings. The molecule has 1 aromatic heterocycles. The predicted octanol–water partition coefficient (Wildman–Crippen LogP) is 3.27. The minimum absolute atomic E-state index is 0.323. The van der Waals surface area contributed by atoms with E-state index >= 15 is 0 Å². The molecule has 126 valence electrons. The van der Waals surface area contributed by atoms with Gasteiger partial charge in [0.25, 0.3) is 0 Å². The van der Waals surface area contributed by atoms with Gasteiger partial charge in [-0.2, -0.15) is 0 Å². The largest absolute Gasteiger partial charge is 0.465 e. The van der Waals surface area contributed by atoms with Crippen LogP contribution >= 0.6 is 0 Å². The molecule has 0 aliphatic rings. The molecule has 2 rings (SSSR count). The topological polar surface area (TPSA) is 61.2 Å². The zero-order valence-corrected chi connectivity index (χ0v) is 14.1. The molecule has 0 aliphatic carbocycles. The van der Waals surface area contributed by atoms with Crippen LogP contribution in [0.3, 0.4) is 0 Å². The lowest BCUT2D eigenvalue weighted by Gasteiger charge is -2.11. The highest BCUT2D eigenvalue weighted by Crippen LogP contribution is 2.17. The molecule has 24 heavy (non-hydrogen) atoms. The highest BCUT2D eigenvalue weighted by Gasteiger charge is 2.11. The minimum atomic E-state index is -0.442. The molecule has 0 spiro atoms. The summed E-state index contributed by atoms with van der Waals surface area (Å²) in [4.78, 5) is 27.1. The van der Waals surface area contributed by atoms with Gasteiger partial charge < -0.3 is 9.30 Å². The second-order valence-electron chi connectivity index (χ2n) is 5.57. The van der Waals surface area contributed by atoms with Crippen molar-refractivity contribution in [2.24, 2.45) is 0 Å². The normalized spacial score (nSPS) is 10.4. The van der Waals surface area contributed by atoms with Gasteiger partial charge in [-0.25, -0.2) is 9.78 Å². The summed E-state index contributed by atoms with van der Waals surface area (Å²) >= 11 is 0. The van der Waals surface area contributed by atoms with Gasteiger partial charge in [0.1, 0.15) is 11.5 Å². The zero-order chi connectivity index (χ0) is 17.5. The maximum Gasteiger partial charge on any atom is 0.337 e. The van der Waals surface area contributed by atoms with Crippen LogP contribution in [0, 0.1) is 0 Å². The SMILES string of the molecule is C=C(C(=O)OC)c1ccc(Cn2c(C=O)cnc2CCCC)cc1. The first-order valence-corrected chi connectivity index (χ1v) is 7.96. The van der Waals surface area contributed by atoms with Crippen molar-refractivity contribution in [1.82, 2.24) is 9.55 Å². The van der Waals surface area contributed by atoms with E-state index in [1.54, 1.807) is 6.20 Å². The lowest BCUT2D eigenvalue weighted by molar-refractivity contribution is -0.133. The Morgan fingerprint density at radius 3 is 2.62 bits per heavy atom. The first-order chi connectivity index (χ1) is 11.6. The number of benzene rings is 1. The Hall–Kier alpha value is -2.69. The van der Waals surface area contributed by atoms with Crippen LogP contribution in [0.2, 0.25) is 0 Å². The van der Waals surface area contributed by atoms with Gasteiger partial charge in [-0.15, -0.1) is 0 Å². The second-order valence-corrected chi connectivity index (χ2v) is 5.57. The molecular formula is C19H22N2O3. The van der Waals surface area contributed by atoms with Gasteiger partial charge in [0.05, 0.1) is 18.9 Å². The van der Waals surface area contributed by atoms with Crippen molar-refractivity contribution in [2.45, 2.75) is 32.7 Å². The summed E-state index contributed by atoms with van der Waals surface area (Å²) < 4.78 is 6.61. The molecule has 0 bridgehead atoms. The van der Waals surface area contributed by atoms with E-state index in [1.807, 2.05) is 28.8 Å². The number of unbranched alkanes of at least 4 members (excludes halogenated alkanes) is 1. The summed E-state index contributed by atoms with van der Waals surface area (Å²) in [5, 5.41) is 0. The number of aldehydes is 1. The van der Waals surface area contributed by atoms with Crippen LogP contribution in [0.15, 0.2) is 37.0 Å². The highest BCUT2D eigenvalue weighted by molar-refractivity contribution is 6.15. The molecular weight excluding hydrogens is 304 g/mol. The molecule has 2 aromatic rings. The van der Waals surface area contributed by atoms with Crippen LogP contribution in [-0.2, 0) is 22.5 Å². The lowest BCUT2D eigenvalue weighted by Crippen LogP contribution is -2.09. The molecule has 5 nitrogen and oxygen atoms in total. The third-order valence-corrected chi connectivity index (χ3v) is 3.92. The summed E-state index contributed by atoms with van der Waals surface area (Å²) in [6.45, 7) is 6.43. The molecule has 0 N–H and O–H groups in total. The van der Waals surface area contributed by atoms with Gasteiger partial charge in [-0.05, 0) is 17.5 Å². The summed E-state index contributed by atoms with van der Waals surface area (Å²) in [5.74, 6) is 0.476. The summed E-state index contributed by atoms with van der Waals surface area (Å²) in [6, 6.07) is 7.50. The minimum Gasteiger partial charge on any atom is -0.465 e. The number of carbonyl (C=O) groups is 2. The van der Waals surface area contributed by atoms with Crippen LogP contribution in [0.1, 0.15) is 47.2 Å². The van der Waals surface area contributed by atoms with Crippen LogP contribution in [0.4, 0.5) is 0 Å². The zero-order valence-electron chi connectivity index (χ0n) is 14.1. The first kappa shape index (κ1) is 17.7.